The molecule has 1 aromatic carbocycles. The number of rotatable bonds is 2. The zero-order valence-corrected chi connectivity index (χ0v) is 12.3. The Kier molecular flexibility index (Phi) is 3.79. The Morgan fingerprint density at radius 3 is 2.86 bits per heavy atom. The Balaban J connectivity index is 1.99. The third kappa shape index (κ3) is 2.85. The molecule has 2 aromatic rings. The molecule has 1 fully saturated rings. The van der Waals surface area contributed by atoms with Crippen LogP contribution in [0.5, 0.6) is 0 Å². The summed E-state index contributed by atoms with van der Waals surface area (Å²) in [6.07, 6.45) is 0.713. The molecule has 2 N–H and O–H groups in total. The zero-order valence-electron chi connectivity index (χ0n) is 11.5. The average molecular weight is 307 g/mol. The summed E-state index contributed by atoms with van der Waals surface area (Å²) in [6, 6.07) is 8.35. The van der Waals surface area contributed by atoms with Crippen molar-refractivity contribution in [3.8, 4) is 0 Å². The number of benzene rings is 1. The molecule has 1 aromatic heterocycles. The molecule has 1 aliphatic heterocycles. The second-order valence-corrected chi connectivity index (χ2v) is 6.90. The van der Waals surface area contributed by atoms with Crippen molar-refractivity contribution >= 4 is 26.7 Å². The van der Waals surface area contributed by atoms with Gasteiger partial charge in [0.05, 0.1) is 17.0 Å². The second-order valence-electron chi connectivity index (χ2n) is 4.96. The van der Waals surface area contributed by atoms with Crippen molar-refractivity contribution in [2.75, 3.05) is 32.0 Å². The largest absolute Gasteiger partial charge is 0.384 e. The molecule has 1 saturated heterocycles. The summed E-state index contributed by atoms with van der Waals surface area (Å²) in [5, 5.41) is 0.761. The third-order valence-electron chi connectivity index (χ3n) is 3.50. The number of hydrogen-bond acceptors (Lipinski definition) is 5. The fraction of sp³-hybridized carbons (Fsp3) is 0.357. The van der Waals surface area contributed by atoms with Gasteiger partial charge in [0.1, 0.15) is 5.82 Å². The van der Waals surface area contributed by atoms with Gasteiger partial charge in [0, 0.05) is 25.1 Å². The molecule has 0 bridgehead atoms. The molecule has 0 unspecified atom stereocenters. The van der Waals surface area contributed by atoms with Crippen molar-refractivity contribution in [2.45, 2.75) is 11.3 Å². The average Bonchev–Trinajstić information content (AvgIpc) is 2.76. The number of hydrogen-bond donors (Lipinski definition) is 1. The standard InChI is InChI=1S/C14H17N3O3S/c15-14-5-2-11-10-12(3-4-13(11)16-14)21(18,19)17-6-1-8-20-9-7-17/h2-5,10H,1,6-9H2,(H2,15,16). The van der Waals surface area contributed by atoms with Crippen molar-refractivity contribution in [1.29, 1.82) is 0 Å². The van der Waals surface area contributed by atoms with E-state index in [0.717, 1.165) is 5.39 Å². The van der Waals surface area contributed by atoms with Crippen LogP contribution < -0.4 is 5.73 Å². The van der Waals surface area contributed by atoms with Crippen LogP contribution in [0.15, 0.2) is 35.2 Å². The number of aromatic nitrogens is 1. The molecule has 3 rings (SSSR count). The van der Waals surface area contributed by atoms with Crippen LogP contribution >= 0.6 is 0 Å². The molecule has 0 amide bonds. The van der Waals surface area contributed by atoms with Crippen LogP contribution in [0, 0.1) is 0 Å². The van der Waals surface area contributed by atoms with Gasteiger partial charge in [-0.2, -0.15) is 4.31 Å². The lowest BCUT2D eigenvalue weighted by Crippen LogP contribution is -2.33. The van der Waals surface area contributed by atoms with E-state index >= 15 is 0 Å². The molecule has 0 radical (unpaired) electrons. The topological polar surface area (TPSA) is 85.5 Å². The molecule has 112 valence electrons. The lowest BCUT2D eigenvalue weighted by atomic mass is 10.2. The maximum atomic E-state index is 12.7. The molecule has 1 aliphatic rings. The van der Waals surface area contributed by atoms with E-state index in [-0.39, 0.29) is 4.90 Å². The van der Waals surface area contributed by atoms with Gasteiger partial charge in [-0.25, -0.2) is 13.4 Å². The van der Waals surface area contributed by atoms with Crippen molar-refractivity contribution < 1.29 is 13.2 Å². The van der Waals surface area contributed by atoms with Crippen molar-refractivity contribution in [3.05, 3.63) is 30.3 Å². The normalized spacial score (nSPS) is 17.7. The summed E-state index contributed by atoms with van der Waals surface area (Å²) >= 11 is 0. The van der Waals surface area contributed by atoms with E-state index in [1.165, 1.54) is 4.31 Å². The maximum absolute atomic E-state index is 12.7. The maximum Gasteiger partial charge on any atom is 0.243 e. The highest BCUT2D eigenvalue weighted by Gasteiger charge is 2.25. The van der Waals surface area contributed by atoms with Crippen molar-refractivity contribution in [2.24, 2.45) is 0 Å². The van der Waals surface area contributed by atoms with E-state index in [4.69, 9.17) is 10.5 Å². The van der Waals surface area contributed by atoms with Crippen molar-refractivity contribution in [3.63, 3.8) is 0 Å². The zero-order chi connectivity index (χ0) is 14.9. The second kappa shape index (κ2) is 5.59. The smallest absolute Gasteiger partial charge is 0.243 e. The number of pyridine rings is 1. The van der Waals surface area contributed by atoms with E-state index in [9.17, 15) is 8.42 Å². The van der Waals surface area contributed by atoms with E-state index in [2.05, 4.69) is 4.98 Å². The number of fused-ring (bicyclic) bond motifs is 1. The molecule has 6 nitrogen and oxygen atoms in total. The summed E-state index contributed by atoms with van der Waals surface area (Å²) in [7, 11) is -3.49. The summed E-state index contributed by atoms with van der Waals surface area (Å²) in [6.45, 7) is 1.92. The first-order valence-electron chi connectivity index (χ1n) is 6.81. The molecular weight excluding hydrogens is 290 g/mol. The first-order valence-corrected chi connectivity index (χ1v) is 8.25. The van der Waals surface area contributed by atoms with Gasteiger partial charge in [-0.3, -0.25) is 0 Å². The lowest BCUT2D eigenvalue weighted by molar-refractivity contribution is 0.148. The van der Waals surface area contributed by atoms with Crippen LogP contribution in [0.2, 0.25) is 0 Å². The number of ether oxygens (including phenoxy) is 1. The first kappa shape index (κ1) is 14.2. The SMILES string of the molecule is Nc1ccc2cc(S(=O)(=O)N3CCCOCC3)ccc2n1. The van der Waals surface area contributed by atoms with Gasteiger partial charge in [0.15, 0.2) is 0 Å². The van der Waals surface area contributed by atoms with Gasteiger partial charge in [0.25, 0.3) is 0 Å². The van der Waals surface area contributed by atoms with E-state index in [0.29, 0.717) is 44.1 Å². The highest BCUT2D eigenvalue weighted by atomic mass is 32.2. The van der Waals surface area contributed by atoms with Gasteiger partial charge >= 0.3 is 0 Å². The van der Waals surface area contributed by atoms with Gasteiger partial charge < -0.3 is 10.5 Å². The minimum atomic E-state index is -3.49. The Labute approximate surface area is 123 Å². The highest BCUT2D eigenvalue weighted by Crippen LogP contribution is 2.22. The Morgan fingerprint density at radius 1 is 1.14 bits per heavy atom. The van der Waals surface area contributed by atoms with Crippen LogP contribution in [-0.4, -0.2) is 44.0 Å². The molecular formula is C14H17N3O3S. The van der Waals surface area contributed by atoms with Crippen LogP contribution in [0.3, 0.4) is 0 Å². The summed E-state index contributed by atoms with van der Waals surface area (Å²) in [5.41, 5.74) is 6.32. The molecule has 0 aliphatic carbocycles. The summed E-state index contributed by atoms with van der Waals surface area (Å²) in [5.74, 6) is 0.419. The van der Waals surface area contributed by atoms with Crippen LogP contribution in [0.4, 0.5) is 5.82 Å². The number of nitrogen functional groups attached to an aromatic ring is 1. The molecule has 2 heterocycles. The van der Waals surface area contributed by atoms with E-state index < -0.39 is 10.0 Å². The Hall–Kier alpha value is -1.70. The quantitative estimate of drug-likeness (QED) is 0.902. The van der Waals surface area contributed by atoms with E-state index in [1.54, 1.807) is 30.3 Å². The number of sulfonamides is 1. The van der Waals surface area contributed by atoms with Gasteiger partial charge in [-0.05, 0) is 36.8 Å². The van der Waals surface area contributed by atoms with E-state index in [1.807, 2.05) is 0 Å². The molecule has 0 saturated carbocycles. The van der Waals surface area contributed by atoms with Crippen LogP contribution in [0.1, 0.15) is 6.42 Å². The number of nitrogens with two attached hydrogens (primary N) is 1. The first-order chi connectivity index (χ1) is 10.1. The van der Waals surface area contributed by atoms with Gasteiger partial charge in [-0.15, -0.1) is 0 Å². The molecule has 7 heteroatoms. The number of nitrogens with zero attached hydrogens (tertiary/aromatic N) is 2. The third-order valence-corrected chi connectivity index (χ3v) is 5.40. The minimum absolute atomic E-state index is 0.281. The Bertz CT molecular complexity index is 753. The van der Waals surface area contributed by atoms with Crippen LogP contribution in [-0.2, 0) is 14.8 Å². The van der Waals surface area contributed by atoms with Crippen LogP contribution in [0.25, 0.3) is 10.9 Å². The fourth-order valence-corrected chi connectivity index (χ4v) is 3.89. The predicted molar refractivity (Wildman–Crippen MR) is 80.4 cm³/mol. The molecule has 21 heavy (non-hydrogen) atoms. The molecule has 0 atom stereocenters. The summed E-state index contributed by atoms with van der Waals surface area (Å²) in [4.78, 5) is 4.46. The monoisotopic (exact) mass is 307 g/mol. The number of anilines is 1. The fourth-order valence-electron chi connectivity index (χ4n) is 2.39. The highest BCUT2D eigenvalue weighted by molar-refractivity contribution is 7.89. The van der Waals surface area contributed by atoms with Crippen molar-refractivity contribution in [1.82, 2.24) is 9.29 Å². The van der Waals surface area contributed by atoms with Gasteiger partial charge in [0.2, 0.25) is 10.0 Å². The molecule has 0 spiro atoms. The minimum Gasteiger partial charge on any atom is -0.384 e. The predicted octanol–water partition coefficient (Wildman–Crippen LogP) is 1.23. The van der Waals surface area contributed by atoms with Gasteiger partial charge in [-0.1, -0.05) is 0 Å². The Morgan fingerprint density at radius 2 is 2.00 bits per heavy atom. The lowest BCUT2D eigenvalue weighted by Gasteiger charge is -2.19. The summed E-state index contributed by atoms with van der Waals surface area (Å²) < 4.78 is 32.1.